The Morgan fingerprint density at radius 2 is 2.11 bits per heavy atom. The number of carboxylic acids is 1. The van der Waals surface area contributed by atoms with Gasteiger partial charge in [-0.25, -0.2) is 0 Å². The van der Waals surface area contributed by atoms with Crippen LogP contribution in [0.25, 0.3) is 10.9 Å². The Morgan fingerprint density at radius 1 is 1.33 bits per heavy atom. The molecule has 0 atom stereocenters. The molecule has 2 saturated carbocycles. The third kappa shape index (κ3) is 3.85. The molecule has 0 spiro atoms. The van der Waals surface area contributed by atoms with Gasteiger partial charge in [0.25, 0.3) is 5.69 Å². The maximum Gasteiger partial charge on any atom is 0.317 e. The van der Waals surface area contributed by atoms with Gasteiger partial charge in [-0.05, 0) is 49.8 Å². The van der Waals surface area contributed by atoms with Crippen molar-refractivity contribution in [2.45, 2.75) is 37.8 Å². The van der Waals surface area contributed by atoms with Gasteiger partial charge in [0.15, 0.2) is 0 Å². The van der Waals surface area contributed by atoms with Crippen molar-refractivity contribution in [1.82, 2.24) is 9.88 Å². The van der Waals surface area contributed by atoms with E-state index in [1.807, 2.05) is 0 Å². The summed E-state index contributed by atoms with van der Waals surface area (Å²) in [7, 11) is 0. The molecule has 2 aliphatic carbocycles. The van der Waals surface area contributed by atoms with Crippen molar-refractivity contribution < 1.29 is 14.8 Å². The van der Waals surface area contributed by atoms with E-state index in [-0.39, 0.29) is 24.3 Å². The van der Waals surface area contributed by atoms with Crippen LogP contribution in [0.2, 0.25) is 0 Å². The second kappa shape index (κ2) is 7.11. The van der Waals surface area contributed by atoms with Gasteiger partial charge in [0.05, 0.1) is 22.5 Å². The van der Waals surface area contributed by atoms with Crippen LogP contribution in [0, 0.1) is 16.0 Å². The lowest BCUT2D eigenvalue weighted by atomic mass is 9.85. The van der Waals surface area contributed by atoms with E-state index >= 15 is 0 Å². The van der Waals surface area contributed by atoms with Gasteiger partial charge < -0.3 is 10.4 Å². The zero-order valence-corrected chi connectivity index (χ0v) is 14.9. The highest BCUT2D eigenvalue weighted by molar-refractivity contribution is 5.96. The van der Waals surface area contributed by atoms with E-state index in [2.05, 4.69) is 15.2 Å². The van der Waals surface area contributed by atoms with Crippen molar-refractivity contribution in [2.75, 3.05) is 18.4 Å². The molecule has 1 heterocycles. The molecule has 27 heavy (non-hydrogen) atoms. The maximum atomic E-state index is 11.2. The first-order valence-electron chi connectivity index (χ1n) is 9.25. The summed E-state index contributed by atoms with van der Waals surface area (Å²) < 4.78 is 0. The highest BCUT2D eigenvalue weighted by Crippen LogP contribution is 2.36. The number of carboxylic acid groups (broad SMARTS) is 1. The maximum absolute atomic E-state index is 11.2. The molecule has 0 radical (unpaired) electrons. The van der Waals surface area contributed by atoms with Gasteiger partial charge in [-0.1, -0.05) is 0 Å². The van der Waals surface area contributed by atoms with Crippen LogP contribution in [-0.2, 0) is 4.79 Å². The van der Waals surface area contributed by atoms with Gasteiger partial charge in [0, 0.05) is 30.9 Å². The highest BCUT2D eigenvalue weighted by Gasteiger charge is 2.37. The lowest BCUT2D eigenvalue weighted by Crippen LogP contribution is -2.52. The number of non-ortho nitro benzene ring substituents is 1. The third-order valence-electron chi connectivity index (χ3n) is 5.46. The molecule has 2 aliphatic rings. The van der Waals surface area contributed by atoms with Crippen molar-refractivity contribution in [1.29, 1.82) is 0 Å². The Balaban J connectivity index is 1.44. The zero-order valence-electron chi connectivity index (χ0n) is 14.9. The second-order valence-electron chi connectivity index (χ2n) is 7.52. The lowest BCUT2D eigenvalue weighted by Gasteiger charge is -2.43. The number of pyridine rings is 1. The first-order valence-corrected chi connectivity index (χ1v) is 9.25. The molecule has 0 amide bonds. The number of anilines is 1. The summed E-state index contributed by atoms with van der Waals surface area (Å²) in [5.41, 5.74) is 1.43. The molecule has 4 rings (SSSR count). The van der Waals surface area contributed by atoms with Crippen LogP contribution in [0.15, 0.2) is 30.5 Å². The smallest absolute Gasteiger partial charge is 0.317 e. The number of carbonyl (C=O) groups is 1. The van der Waals surface area contributed by atoms with Crippen LogP contribution in [0.1, 0.15) is 25.7 Å². The second-order valence-corrected chi connectivity index (χ2v) is 7.52. The number of nitro benzene ring substituents is 1. The summed E-state index contributed by atoms with van der Waals surface area (Å²) in [5, 5.41) is 24.3. The van der Waals surface area contributed by atoms with E-state index in [1.54, 1.807) is 24.4 Å². The fourth-order valence-electron chi connectivity index (χ4n) is 3.81. The molecule has 0 saturated heterocycles. The largest absolute Gasteiger partial charge is 0.480 e. The normalized spacial score (nSPS) is 21.8. The average molecular weight is 370 g/mol. The van der Waals surface area contributed by atoms with Gasteiger partial charge >= 0.3 is 5.97 Å². The van der Waals surface area contributed by atoms with E-state index < -0.39 is 10.9 Å². The SMILES string of the molecule is O=C(O)CN(CC1CC1)C1CC(Nc2ccc([N+](=O)[O-])c3cccnc23)C1. The van der Waals surface area contributed by atoms with Crippen molar-refractivity contribution in [3.05, 3.63) is 40.6 Å². The number of benzene rings is 1. The summed E-state index contributed by atoms with van der Waals surface area (Å²) in [6.07, 6.45) is 5.76. The first-order chi connectivity index (χ1) is 13.0. The first kappa shape index (κ1) is 17.7. The molecule has 2 fully saturated rings. The molecular formula is C19H22N4O4. The van der Waals surface area contributed by atoms with Crippen LogP contribution in [-0.4, -0.2) is 51.1 Å². The molecule has 8 nitrogen and oxygen atoms in total. The monoisotopic (exact) mass is 370 g/mol. The molecule has 1 aromatic heterocycles. The van der Waals surface area contributed by atoms with Crippen LogP contribution in [0.4, 0.5) is 11.4 Å². The Labute approximate surface area is 156 Å². The van der Waals surface area contributed by atoms with Crippen molar-refractivity contribution >= 4 is 28.2 Å². The number of nitrogens with zero attached hydrogens (tertiary/aromatic N) is 3. The Morgan fingerprint density at radius 3 is 2.78 bits per heavy atom. The van der Waals surface area contributed by atoms with Crippen molar-refractivity contribution in [3.8, 4) is 0 Å². The standard InChI is InChI=1S/C19H22N4O4/c24-18(25)11-22(10-12-3-4-12)14-8-13(9-14)21-16-5-6-17(23(26)27)15-2-1-7-20-19(15)16/h1-2,5-7,12-14,21H,3-4,8-11H2,(H,24,25). The summed E-state index contributed by atoms with van der Waals surface area (Å²) in [6.45, 7) is 0.960. The fourth-order valence-corrected chi connectivity index (χ4v) is 3.81. The number of hydrogen-bond acceptors (Lipinski definition) is 6. The Hall–Kier alpha value is -2.74. The van der Waals surface area contributed by atoms with Crippen molar-refractivity contribution in [3.63, 3.8) is 0 Å². The molecule has 0 unspecified atom stereocenters. The summed E-state index contributed by atoms with van der Waals surface area (Å²) in [4.78, 5) is 28.4. The highest BCUT2D eigenvalue weighted by atomic mass is 16.6. The van der Waals surface area contributed by atoms with E-state index in [0.717, 1.165) is 25.1 Å². The van der Waals surface area contributed by atoms with Gasteiger partial charge in [0.2, 0.25) is 0 Å². The summed E-state index contributed by atoms with van der Waals surface area (Å²) >= 11 is 0. The Bertz CT molecular complexity index is 877. The van der Waals surface area contributed by atoms with E-state index in [4.69, 9.17) is 5.11 Å². The van der Waals surface area contributed by atoms with E-state index in [1.165, 1.54) is 18.9 Å². The Kier molecular flexibility index (Phi) is 4.65. The minimum absolute atomic E-state index is 0.0483. The number of rotatable bonds is 8. The number of hydrogen-bond donors (Lipinski definition) is 2. The minimum Gasteiger partial charge on any atom is -0.480 e. The molecule has 1 aromatic carbocycles. The van der Waals surface area contributed by atoms with E-state index in [9.17, 15) is 14.9 Å². The van der Waals surface area contributed by atoms with Gasteiger partial charge in [-0.3, -0.25) is 24.8 Å². The summed E-state index contributed by atoms with van der Waals surface area (Å²) in [5.74, 6) is -0.128. The number of aromatic nitrogens is 1. The minimum atomic E-state index is -0.780. The number of nitro groups is 1. The lowest BCUT2D eigenvalue weighted by molar-refractivity contribution is -0.383. The molecule has 0 bridgehead atoms. The number of aliphatic carboxylic acids is 1. The van der Waals surface area contributed by atoms with Gasteiger partial charge in [-0.2, -0.15) is 0 Å². The number of fused-ring (bicyclic) bond motifs is 1. The molecular weight excluding hydrogens is 348 g/mol. The topological polar surface area (TPSA) is 109 Å². The average Bonchev–Trinajstić information content (AvgIpc) is 3.40. The molecule has 2 aromatic rings. The third-order valence-corrected chi connectivity index (χ3v) is 5.46. The predicted molar refractivity (Wildman–Crippen MR) is 101 cm³/mol. The quantitative estimate of drug-likeness (QED) is 0.543. The van der Waals surface area contributed by atoms with Crippen molar-refractivity contribution in [2.24, 2.45) is 5.92 Å². The van der Waals surface area contributed by atoms with Crippen LogP contribution >= 0.6 is 0 Å². The molecule has 142 valence electrons. The number of nitrogens with one attached hydrogen (secondary N) is 1. The van der Waals surface area contributed by atoms with Crippen LogP contribution in [0.3, 0.4) is 0 Å². The molecule has 0 aliphatic heterocycles. The van der Waals surface area contributed by atoms with Gasteiger partial charge in [0.1, 0.15) is 5.52 Å². The van der Waals surface area contributed by atoms with Crippen LogP contribution in [0.5, 0.6) is 0 Å². The fraction of sp³-hybridized carbons (Fsp3) is 0.474. The zero-order chi connectivity index (χ0) is 19.0. The summed E-state index contributed by atoms with van der Waals surface area (Å²) in [6, 6.07) is 7.11. The van der Waals surface area contributed by atoms with Crippen LogP contribution < -0.4 is 5.32 Å². The molecule has 2 N–H and O–H groups in total. The van der Waals surface area contributed by atoms with E-state index in [0.29, 0.717) is 16.8 Å². The molecule has 8 heteroatoms. The predicted octanol–water partition coefficient (Wildman–Crippen LogP) is 2.88. The van der Waals surface area contributed by atoms with Gasteiger partial charge in [-0.15, -0.1) is 0 Å².